The molecular weight excluding hydrogens is 446 g/mol. The van der Waals surface area contributed by atoms with Crippen LogP contribution in [0.3, 0.4) is 0 Å². The lowest BCUT2D eigenvalue weighted by atomic mass is 9.98. The summed E-state index contributed by atoms with van der Waals surface area (Å²) in [6, 6.07) is 33.3. The molecule has 0 fully saturated rings. The van der Waals surface area contributed by atoms with Crippen LogP contribution in [-0.4, -0.2) is 4.98 Å². The van der Waals surface area contributed by atoms with Crippen molar-refractivity contribution in [1.82, 2.24) is 4.98 Å². The maximum absolute atomic E-state index is 6.31. The number of rotatable bonds is 2. The van der Waals surface area contributed by atoms with Gasteiger partial charge in [0.2, 0.25) is 0 Å². The normalized spacial score (nSPS) is 11.8. The molecule has 0 saturated carbocycles. The van der Waals surface area contributed by atoms with Crippen LogP contribution in [0.1, 0.15) is 0 Å². The van der Waals surface area contributed by atoms with Gasteiger partial charge in [-0.25, -0.2) is 4.98 Å². The molecule has 0 saturated heterocycles. The second-order valence-corrected chi connectivity index (χ2v) is 9.59. The second-order valence-electron chi connectivity index (χ2n) is 8.16. The fraction of sp³-hybridized carbons (Fsp3) is 0. The lowest BCUT2D eigenvalue weighted by Gasteiger charge is -2.06. The van der Waals surface area contributed by atoms with E-state index in [2.05, 4.69) is 66.7 Å². The van der Waals surface area contributed by atoms with Gasteiger partial charge in [-0.1, -0.05) is 72.3 Å². The van der Waals surface area contributed by atoms with Crippen molar-refractivity contribution >= 4 is 65.9 Å². The molecule has 0 N–H and O–H groups in total. The quantitative estimate of drug-likeness (QED) is 0.256. The van der Waals surface area contributed by atoms with Gasteiger partial charge in [0, 0.05) is 26.7 Å². The van der Waals surface area contributed by atoms with Crippen molar-refractivity contribution in [2.75, 3.05) is 0 Å². The average molecular weight is 462 g/mol. The minimum atomic E-state index is 0.704. The first kappa shape index (κ1) is 18.9. The Kier molecular flexibility index (Phi) is 4.10. The number of furan rings is 1. The number of nitrogens with zero attached hydrogens (tertiary/aromatic N) is 1. The van der Waals surface area contributed by atoms with Crippen LogP contribution in [0.4, 0.5) is 0 Å². The van der Waals surface area contributed by atoms with Gasteiger partial charge in [0.1, 0.15) is 16.2 Å². The molecule has 2 heterocycles. The first-order valence-corrected chi connectivity index (χ1v) is 11.9. The zero-order valence-electron chi connectivity index (χ0n) is 17.4. The smallest absolute Gasteiger partial charge is 0.136 e. The van der Waals surface area contributed by atoms with Crippen LogP contribution in [0, 0.1) is 0 Å². The van der Waals surface area contributed by atoms with Crippen LogP contribution >= 0.6 is 22.9 Å². The number of hydrogen-bond donors (Lipinski definition) is 0. The Morgan fingerprint density at radius 1 is 0.697 bits per heavy atom. The largest absolute Gasteiger partial charge is 0.456 e. The number of benzene rings is 5. The highest BCUT2D eigenvalue weighted by molar-refractivity contribution is 7.22. The maximum Gasteiger partial charge on any atom is 0.136 e. The Balaban J connectivity index is 1.43. The van der Waals surface area contributed by atoms with E-state index in [1.807, 2.05) is 30.3 Å². The molecule has 0 unspecified atom stereocenters. The van der Waals surface area contributed by atoms with E-state index < -0.39 is 0 Å². The summed E-state index contributed by atoms with van der Waals surface area (Å²) in [6.45, 7) is 0. The molecule has 4 heteroatoms. The first-order chi connectivity index (χ1) is 16.2. The summed E-state index contributed by atoms with van der Waals surface area (Å²) in [5.41, 5.74) is 6.11. The van der Waals surface area contributed by atoms with Crippen molar-refractivity contribution in [3.8, 4) is 21.7 Å². The zero-order valence-corrected chi connectivity index (χ0v) is 19.0. The molecule has 0 aliphatic rings. The van der Waals surface area contributed by atoms with Gasteiger partial charge in [0.15, 0.2) is 0 Å². The molecule has 0 spiro atoms. The molecule has 33 heavy (non-hydrogen) atoms. The molecule has 5 aromatic carbocycles. The van der Waals surface area contributed by atoms with E-state index in [9.17, 15) is 0 Å². The van der Waals surface area contributed by atoms with Gasteiger partial charge in [-0.15, -0.1) is 11.3 Å². The van der Waals surface area contributed by atoms with Gasteiger partial charge in [-0.05, 0) is 52.9 Å². The molecule has 2 aromatic heterocycles. The minimum Gasteiger partial charge on any atom is -0.456 e. The van der Waals surface area contributed by atoms with Crippen molar-refractivity contribution in [3.63, 3.8) is 0 Å². The summed E-state index contributed by atoms with van der Waals surface area (Å²) in [4.78, 5) is 4.96. The molecule has 0 atom stereocenters. The monoisotopic (exact) mass is 461 g/mol. The number of aromatic nitrogens is 1. The van der Waals surface area contributed by atoms with Crippen LogP contribution in [0.15, 0.2) is 101 Å². The third-order valence-corrected chi connectivity index (χ3v) is 7.55. The molecule has 7 aromatic rings. The van der Waals surface area contributed by atoms with Gasteiger partial charge < -0.3 is 4.42 Å². The summed E-state index contributed by atoms with van der Waals surface area (Å²) < 4.78 is 7.32. The third kappa shape index (κ3) is 2.97. The Labute approximate surface area is 198 Å². The van der Waals surface area contributed by atoms with Gasteiger partial charge in [0.25, 0.3) is 0 Å². The highest BCUT2D eigenvalue weighted by Crippen LogP contribution is 2.40. The maximum atomic E-state index is 6.31. The second kappa shape index (κ2) is 7.17. The summed E-state index contributed by atoms with van der Waals surface area (Å²) in [5.74, 6) is 0. The van der Waals surface area contributed by atoms with Crippen LogP contribution in [0.25, 0.3) is 64.6 Å². The molecule has 2 nitrogen and oxygen atoms in total. The summed E-state index contributed by atoms with van der Waals surface area (Å²) in [6.07, 6.45) is 0. The molecule has 0 aliphatic heterocycles. The van der Waals surface area contributed by atoms with Crippen molar-refractivity contribution in [3.05, 3.63) is 102 Å². The topological polar surface area (TPSA) is 26.0 Å². The Bertz CT molecular complexity index is 1850. The highest BCUT2D eigenvalue weighted by Gasteiger charge is 2.15. The molecular formula is C29H16ClNOS. The van der Waals surface area contributed by atoms with Crippen molar-refractivity contribution in [2.45, 2.75) is 0 Å². The standard InChI is InChI=1S/C29H16ClNOS/c30-20-12-14-25-23(16-20)27-21(9-4-10-26(27)32-25)18-6-3-7-19(15-18)29-31-24-13-11-17-5-1-2-8-22(17)28(24)33-29/h1-16H. The summed E-state index contributed by atoms with van der Waals surface area (Å²) >= 11 is 8.06. The van der Waals surface area contributed by atoms with Crippen molar-refractivity contribution in [2.24, 2.45) is 0 Å². The predicted octanol–water partition coefficient (Wildman–Crippen LogP) is 9.34. The SMILES string of the molecule is Clc1ccc2oc3cccc(-c4cccc(-c5nc6ccc7ccccc7c6s5)c4)c3c2c1. The minimum absolute atomic E-state index is 0.704. The van der Waals surface area contributed by atoms with E-state index >= 15 is 0 Å². The summed E-state index contributed by atoms with van der Waals surface area (Å²) in [5, 5.41) is 6.34. The van der Waals surface area contributed by atoms with E-state index in [4.69, 9.17) is 21.0 Å². The van der Waals surface area contributed by atoms with Gasteiger partial charge in [0.05, 0.1) is 10.2 Å². The van der Waals surface area contributed by atoms with Gasteiger partial charge in [-0.2, -0.15) is 0 Å². The molecule has 0 aliphatic carbocycles. The predicted molar refractivity (Wildman–Crippen MR) is 140 cm³/mol. The molecule has 0 bridgehead atoms. The first-order valence-electron chi connectivity index (χ1n) is 10.7. The highest BCUT2D eigenvalue weighted by atomic mass is 35.5. The van der Waals surface area contributed by atoms with E-state index in [-0.39, 0.29) is 0 Å². The van der Waals surface area contributed by atoms with Gasteiger partial charge in [-0.3, -0.25) is 0 Å². The molecule has 156 valence electrons. The molecule has 0 amide bonds. The van der Waals surface area contributed by atoms with E-state index in [0.29, 0.717) is 5.02 Å². The number of halogens is 1. The lowest BCUT2D eigenvalue weighted by Crippen LogP contribution is -1.82. The Morgan fingerprint density at radius 3 is 2.55 bits per heavy atom. The van der Waals surface area contributed by atoms with Crippen LogP contribution in [0.5, 0.6) is 0 Å². The van der Waals surface area contributed by atoms with Crippen LogP contribution in [-0.2, 0) is 0 Å². The number of fused-ring (bicyclic) bond motifs is 6. The Morgan fingerprint density at radius 2 is 1.58 bits per heavy atom. The molecule has 7 rings (SSSR count). The van der Waals surface area contributed by atoms with E-state index in [1.165, 1.54) is 15.5 Å². The summed E-state index contributed by atoms with van der Waals surface area (Å²) in [7, 11) is 0. The van der Waals surface area contributed by atoms with Crippen LogP contribution in [0.2, 0.25) is 5.02 Å². The van der Waals surface area contributed by atoms with Crippen LogP contribution < -0.4 is 0 Å². The number of thiazole rings is 1. The fourth-order valence-electron chi connectivity index (χ4n) is 4.64. The Hall–Kier alpha value is -3.66. The lowest BCUT2D eigenvalue weighted by molar-refractivity contribution is 0.669. The van der Waals surface area contributed by atoms with Gasteiger partial charge >= 0.3 is 0 Å². The van der Waals surface area contributed by atoms with E-state index in [1.54, 1.807) is 11.3 Å². The average Bonchev–Trinajstić information content (AvgIpc) is 3.46. The zero-order chi connectivity index (χ0) is 21.9. The third-order valence-electron chi connectivity index (χ3n) is 6.16. The van der Waals surface area contributed by atoms with Crippen molar-refractivity contribution in [1.29, 1.82) is 0 Å². The fourth-order valence-corrected chi connectivity index (χ4v) is 5.91. The number of hydrogen-bond acceptors (Lipinski definition) is 3. The van der Waals surface area contributed by atoms with Crippen molar-refractivity contribution < 1.29 is 4.42 Å². The molecule has 0 radical (unpaired) electrons. The van der Waals surface area contributed by atoms with E-state index in [0.717, 1.165) is 49.2 Å².